The van der Waals surface area contributed by atoms with E-state index in [-0.39, 0.29) is 12.8 Å². The number of hydrogen-bond donors (Lipinski definition) is 2. The Morgan fingerprint density at radius 1 is 1.55 bits per heavy atom. The van der Waals surface area contributed by atoms with Crippen molar-refractivity contribution in [2.24, 2.45) is 10.7 Å². The van der Waals surface area contributed by atoms with Crippen LogP contribution in [0.2, 0.25) is 0 Å². The predicted octanol–water partition coefficient (Wildman–Crippen LogP) is 1.62. The molecule has 1 aromatic carbocycles. The van der Waals surface area contributed by atoms with Crippen molar-refractivity contribution in [2.45, 2.75) is 19.5 Å². The van der Waals surface area contributed by atoms with Gasteiger partial charge in [-0.25, -0.2) is 4.99 Å². The number of ether oxygens (including phenoxy) is 3. The smallest absolute Gasteiger partial charge is 0.231 e. The van der Waals surface area contributed by atoms with Crippen LogP contribution in [0.4, 0.5) is 0 Å². The van der Waals surface area contributed by atoms with Gasteiger partial charge in [0, 0.05) is 13.2 Å². The minimum absolute atomic E-state index is 0.118. The van der Waals surface area contributed by atoms with Crippen LogP contribution in [-0.4, -0.2) is 32.5 Å². The number of rotatable bonds is 5. The largest absolute Gasteiger partial charge is 0.454 e. The van der Waals surface area contributed by atoms with E-state index in [4.69, 9.17) is 19.9 Å². The number of nitrogens with two attached hydrogens (primary N) is 1. The van der Waals surface area contributed by atoms with Gasteiger partial charge < -0.3 is 25.3 Å². The molecular formula is C13H18BrN3O3. The standard InChI is InChI=1S/C13H18BrN3O3/c1-8(6-18-2)17-13(15)16-5-9-3-10(14)12-11(4-9)19-7-20-12/h3-4,8H,5-7H2,1-2H3,(H3,15,16,17). The van der Waals surface area contributed by atoms with E-state index in [0.29, 0.717) is 19.1 Å². The summed E-state index contributed by atoms with van der Waals surface area (Å²) >= 11 is 3.45. The maximum absolute atomic E-state index is 5.82. The van der Waals surface area contributed by atoms with Crippen molar-refractivity contribution in [1.82, 2.24) is 5.32 Å². The van der Waals surface area contributed by atoms with Crippen LogP contribution in [0, 0.1) is 0 Å². The molecule has 7 heteroatoms. The molecule has 0 saturated carbocycles. The van der Waals surface area contributed by atoms with Crippen molar-refractivity contribution in [3.8, 4) is 11.5 Å². The number of guanidine groups is 1. The molecule has 1 aliphatic rings. The normalized spacial score (nSPS) is 15.2. The van der Waals surface area contributed by atoms with Crippen molar-refractivity contribution in [1.29, 1.82) is 0 Å². The summed E-state index contributed by atoms with van der Waals surface area (Å²) in [6, 6.07) is 3.97. The Kier molecular flexibility index (Phi) is 5.08. The topological polar surface area (TPSA) is 78.1 Å². The van der Waals surface area contributed by atoms with E-state index in [1.807, 2.05) is 19.1 Å². The number of halogens is 1. The highest BCUT2D eigenvalue weighted by molar-refractivity contribution is 9.10. The maximum atomic E-state index is 5.82. The Bertz CT molecular complexity index is 508. The van der Waals surface area contributed by atoms with Crippen LogP contribution in [0.25, 0.3) is 0 Å². The van der Waals surface area contributed by atoms with E-state index in [0.717, 1.165) is 21.5 Å². The summed E-state index contributed by atoms with van der Waals surface area (Å²) in [5.41, 5.74) is 6.81. The number of hydrogen-bond acceptors (Lipinski definition) is 4. The number of methoxy groups -OCH3 is 1. The molecule has 0 aromatic heterocycles. The summed E-state index contributed by atoms with van der Waals surface area (Å²) in [6.45, 7) is 3.27. The van der Waals surface area contributed by atoms with E-state index in [9.17, 15) is 0 Å². The highest BCUT2D eigenvalue weighted by Gasteiger charge is 2.17. The fourth-order valence-electron chi connectivity index (χ4n) is 1.88. The summed E-state index contributed by atoms with van der Waals surface area (Å²) in [6.07, 6.45) is 0. The van der Waals surface area contributed by atoms with Gasteiger partial charge in [0.2, 0.25) is 6.79 Å². The molecule has 1 heterocycles. The average Bonchev–Trinajstić information content (AvgIpc) is 2.85. The van der Waals surface area contributed by atoms with Gasteiger partial charge in [-0.1, -0.05) is 0 Å². The van der Waals surface area contributed by atoms with Gasteiger partial charge >= 0.3 is 0 Å². The lowest BCUT2D eigenvalue weighted by Crippen LogP contribution is -2.40. The van der Waals surface area contributed by atoms with Crippen LogP contribution >= 0.6 is 15.9 Å². The molecule has 1 atom stereocenters. The summed E-state index contributed by atoms with van der Waals surface area (Å²) in [4.78, 5) is 4.29. The Morgan fingerprint density at radius 2 is 2.35 bits per heavy atom. The van der Waals surface area contributed by atoms with Crippen LogP contribution in [0.1, 0.15) is 12.5 Å². The number of fused-ring (bicyclic) bond motifs is 1. The van der Waals surface area contributed by atoms with Crippen LogP contribution in [0.15, 0.2) is 21.6 Å². The Morgan fingerprint density at radius 3 is 3.10 bits per heavy atom. The zero-order valence-corrected chi connectivity index (χ0v) is 13.1. The molecule has 0 saturated heterocycles. The zero-order valence-electron chi connectivity index (χ0n) is 11.5. The fourth-order valence-corrected chi connectivity index (χ4v) is 2.48. The van der Waals surface area contributed by atoms with Crippen LogP contribution in [-0.2, 0) is 11.3 Å². The lowest BCUT2D eigenvalue weighted by atomic mass is 10.2. The van der Waals surface area contributed by atoms with Gasteiger partial charge in [-0.3, -0.25) is 0 Å². The van der Waals surface area contributed by atoms with Gasteiger partial charge in [0.25, 0.3) is 0 Å². The van der Waals surface area contributed by atoms with E-state index in [1.54, 1.807) is 7.11 Å². The molecule has 1 aromatic rings. The predicted molar refractivity (Wildman–Crippen MR) is 80.1 cm³/mol. The quantitative estimate of drug-likeness (QED) is 0.627. The second kappa shape index (κ2) is 6.81. The number of benzene rings is 1. The molecule has 20 heavy (non-hydrogen) atoms. The monoisotopic (exact) mass is 343 g/mol. The molecule has 1 unspecified atom stereocenters. The minimum atomic E-state index is 0.118. The van der Waals surface area contributed by atoms with E-state index in [1.165, 1.54) is 0 Å². The Balaban J connectivity index is 1.98. The second-order valence-corrected chi connectivity index (χ2v) is 5.37. The second-order valence-electron chi connectivity index (χ2n) is 4.51. The van der Waals surface area contributed by atoms with Gasteiger partial charge in [0.1, 0.15) is 0 Å². The third kappa shape index (κ3) is 3.77. The summed E-state index contributed by atoms with van der Waals surface area (Å²) in [7, 11) is 1.65. The van der Waals surface area contributed by atoms with E-state index < -0.39 is 0 Å². The number of aliphatic imine (C=N–C) groups is 1. The van der Waals surface area contributed by atoms with Crippen molar-refractivity contribution in [3.63, 3.8) is 0 Å². The summed E-state index contributed by atoms with van der Waals surface area (Å²) in [5, 5.41) is 3.05. The molecule has 0 fully saturated rings. The molecule has 3 N–H and O–H groups in total. The van der Waals surface area contributed by atoms with Crippen molar-refractivity contribution >= 4 is 21.9 Å². The molecule has 0 bridgehead atoms. The maximum Gasteiger partial charge on any atom is 0.231 e. The molecule has 0 aliphatic carbocycles. The first-order chi connectivity index (χ1) is 9.60. The highest BCUT2D eigenvalue weighted by atomic mass is 79.9. The number of nitrogens with zero attached hydrogens (tertiary/aromatic N) is 1. The third-order valence-electron chi connectivity index (χ3n) is 2.73. The molecule has 0 amide bonds. The first-order valence-electron chi connectivity index (χ1n) is 6.23. The zero-order chi connectivity index (χ0) is 14.5. The summed E-state index contributed by atoms with van der Waals surface area (Å²) in [5.74, 6) is 1.85. The first kappa shape index (κ1) is 14.9. The van der Waals surface area contributed by atoms with Gasteiger partial charge in [0.05, 0.1) is 17.6 Å². The lowest BCUT2D eigenvalue weighted by molar-refractivity contribution is 0.173. The van der Waals surface area contributed by atoms with Crippen molar-refractivity contribution < 1.29 is 14.2 Å². The molecule has 0 radical (unpaired) electrons. The van der Waals surface area contributed by atoms with Crippen LogP contribution in [0.5, 0.6) is 11.5 Å². The van der Waals surface area contributed by atoms with E-state index >= 15 is 0 Å². The third-order valence-corrected chi connectivity index (χ3v) is 3.32. The molecule has 1 aliphatic heterocycles. The Hall–Kier alpha value is -1.47. The molecule has 6 nitrogen and oxygen atoms in total. The van der Waals surface area contributed by atoms with Crippen molar-refractivity contribution in [2.75, 3.05) is 20.5 Å². The SMILES string of the molecule is COCC(C)NC(N)=NCc1cc(Br)c2c(c1)OCO2. The van der Waals surface area contributed by atoms with Gasteiger partial charge in [-0.05, 0) is 40.5 Å². The van der Waals surface area contributed by atoms with Crippen LogP contribution in [0.3, 0.4) is 0 Å². The fraction of sp³-hybridized carbons (Fsp3) is 0.462. The molecule has 110 valence electrons. The van der Waals surface area contributed by atoms with Gasteiger partial charge in [-0.2, -0.15) is 0 Å². The molecular weight excluding hydrogens is 326 g/mol. The minimum Gasteiger partial charge on any atom is -0.454 e. The van der Waals surface area contributed by atoms with Gasteiger partial charge in [0.15, 0.2) is 17.5 Å². The first-order valence-corrected chi connectivity index (χ1v) is 7.03. The number of nitrogens with one attached hydrogen (secondary N) is 1. The van der Waals surface area contributed by atoms with Crippen molar-refractivity contribution in [3.05, 3.63) is 22.2 Å². The van der Waals surface area contributed by atoms with Crippen LogP contribution < -0.4 is 20.5 Å². The molecule has 2 rings (SSSR count). The molecule has 0 spiro atoms. The average molecular weight is 344 g/mol. The lowest BCUT2D eigenvalue weighted by Gasteiger charge is -2.13. The van der Waals surface area contributed by atoms with Gasteiger partial charge in [-0.15, -0.1) is 0 Å². The Labute approximate surface area is 126 Å². The van der Waals surface area contributed by atoms with E-state index in [2.05, 4.69) is 26.2 Å². The summed E-state index contributed by atoms with van der Waals surface area (Å²) < 4.78 is 16.6. The highest BCUT2D eigenvalue weighted by Crippen LogP contribution is 2.40.